The second kappa shape index (κ2) is 8.64. The summed E-state index contributed by atoms with van der Waals surface area (Å²) in [4.78, 5) is 25.6. The summed E-state index contributed by atoms with van der Waals surface area (Å²) in [6, 6.07) is 7.65. The fourth-order valence-corrected chi connectivity index (χ4v) is 2.61. The average molecular weight is 319 g/mol. The maximum Gasteiger partial charge on any atom is 0.226 e. The topological polar surface area (TPSA) is 70.7 Å². The van der Waals surface area contributed by atoms with E-state index in [1.807, 2.05) is 31.2 Å². The van der Waals surface area contributed by atoms with E-state index < -0.39 is 0 Å². The molecule has 0 saturated carbocycles. The molecule has 2 N–H and O–H groups in total. The molecule has 0 radical (unpaired) electrons. The molecule has 1 aromatic rings. The van der Waals surface area contributed by atoms with Crippen molar-refractivity contribution in [3.8, 4) is 0 Å². The molecule has 0 spiro atoms. The number of rotatable bonds is 6. The lowest BCUT2D eigenvalue weighted by atomic mass is 10.1. The zero-order valence-corrected chi connectivity index (χ0v) is 13.8. The first kappa shape index (κ1) is 17.4. The van der Waals surface area contributed by atoms with E-state index in [1.165, 1.54) is 0 Å². The molecule has 1 fully saturated rings. The fraction of sp³-hybridized carbons (Fsp3) is 0.529. The van der Waals surface area contributed by atoms with Gasteiger partial charge in [-0.1, -0.05) is 18.2 Å². The molecular weight excluding hydrogens is 294 g/mol. The third-order valence-electron chi connectivity index (χ3n) is 3.91. The van der Waals surface area contributed by atoms with Crippen molar-refractivity contribution in [3.05, 3.63) is 29.8 Å². The first-order chi connectivity index (χ1) is 11.1. The fourth-order valence-electron chi connectivity index (χ4n) is 2.61. The number of ether oxygens (including phenoxy) is 1. The Bertz CT molecular complexity index is 542. The van der Waals surface area contributed by atoms with E-state index in [0.717, 1.165) is 17.8 Å². The Hall–Kier alpha value is -1.92. The molecule has 1 unspecified atom stereocenters. The number of hydrogen-bond donors (Lipinski definition) is 2. The summed E-state index contributed by atoms with van der Waals surface area (Å²) in [6.45, 7) is 6.66. The molecule has 2 rings (SSSR count). The molecule has 6 heteroatoms. The highest BCUT2D eigenvalue weighted by Crippen LogP contribution is 2.18. The van der Waals surface area contributed by atoms with Crippen molar-refractivity contribution in [2.75, 3.05) is 31.6 Å². The number of para-hydroxylation sites is 1. The van der Waals surface area contributed by atoms with Crippen LogP contribution in [0, 0.1) is 0 Å². The largest absolute Gasteiger partial charge is 0.378 e. The van der Waals surface area contributed by atoms with Crippen LogP contribution in [0.3, 0.4) is 0 Å². The zero-order valence-electron chi connectivity index (χ0n) is 13.8. The number of carbonyl (C=O) groups excluding carboxylic acids is 2. The van der Waals surface area contributed by atoms with Gasteiger partial charge in [-0.25, -0.2) is 0 Å². The predicted octanol–water partition coefficient (Wildman–Crippen LogP) is 1.37. The molecule has 0 aliphatic carbocycles. The lowest BCUT2D eigenvalue weighted by molar-refractivity contribution is -0.129. The van der Waals surface area contributed by atoms with E-state index in [0.29, 0.717) is 32.7 Å². The molecular formula is C17H25N3O3. The zero-order chi connectivity index (χ0) is 16.7. The first-order valence-electron chi connectivity index (χ1n) is 8.04. The summed E-state index contributed by atoms with van der Waals surface area (Å²) >= 11 is 0. The predicted molar refractivity (Wildman–Crippen MR) is 89.1 cm³/mol. The van der Waals surface area contributed by atoms with E-state index in [4.69, 9.17) is 4.74 Å². The minimum atomic E-state index is -0.0497. The minimum absolute atomic E-state index is 0.0252. The Morgan fingerprint density at radius 3 is 2.83 bits per heavy atom. The van der Waals surface area contributed by atoms with Gasteiger partial charge < -0.3 is 20.3 Å². The molecule has 1 atom stereocenters. The average Bonchev–Trinajstić information content (AvgIpc) is 2.54. The molecule has 1 saturated heterocycles. The van der Waals surface area contributed by atoms with Crippen LogP contribution >= 0.6 is 0 Å². The van der Waals surface area contributed by atoms with Crippen LogP contribution in [0.2, 0.25) is 0 Å². The molecule has 1 aliphatic rings. The molecule has 0 bridgehead atoms. The lowest BCUT2D eigenvalue weighted by Crippen LogP contribution is -2.43. The maximum atomic E-state index is 12.2. The van der Waals surface area contributed by atoms with Gasteiger partial charge in [0.05, 0.1) is 13.2 Å². The third-order valence-corrected chi connectivity index (χ3v) is 3.91. The van der Waals surface area contributed by atoms with E-state index in [-0.39, 0.29) is 17.9 Å². The molecule has 126 valence electrons. The quantitative estimate of drug-likeness (QED) is 0.831. The van der Waals surface area contributed by atoms with E-state index in [9.17, 15) is 9.59 Å². The van der Waals surface area contributed by atoms with E-state index >= 15 is 0 Å². The van der Waals surface area contributed by atoms with Crippen LogP contribution in [0.4, 0.5) is 5.69 Å². The second-order valence-corrected chi connectivity index (χ2v) is 5.67. The molecule has 1 aromatic carbocycles. The Morgan fingerprint density at radius 2 is 2.17 bits per heavy atom. The van der Waals surface area contributed by atoms with Crippen LogP contribution in [0.1, 0.15) is 25.8 Å². The summed E-state index contributed by atoms with van der Waals surface area (Å²) in [5.41, 5.74) is 1.69. The van der Waals surface area contributed by atoms with Gasteiger partial charge in [-0.2, -0.15) is 0 Å². The highest BCUT2D eigenvalue weighted by atomic mass is 16.5. The van der Waals surface area contributed by atoms with Gasteiger partial charge in [0.2, 0.25) is 11.8 Å². The summed E-state index contributed by atoms with van der Waals surface area (Å²) in [6.07, 6.45) is 0.374. The Labute approximate surface area is 137 Å². The minimum Gasteiger partial charge on any atom is -0.378 e. The van der Waals surface area contributed by atoms with Crippen molar-refractivity contribution in [2.24, 2.45) is 0 Å². The molecule has 1 aliphatic heterocycles. The maximum absolute atomic E-state index is 12.2. The van der Waals surface area contributed by atoms with E-state index in [1.54, 1.807) is 11.8 Å². The molecule has 0 aromatic heterocycles. The smallest absolute Gasteiger partial charge is 0.226 e. The van der Waals surface area contributed by atoms with Crippen molar-refractivity contribution < 1.29 is 14.3 Å². The van der Waals surface area contributed by atoms with Gasteiger partial charge in [0, 0.05) is 44.7 Å². The van der Waals surface area contributed by atoms with Crippen LogP contribution < -0.4 is 10.6 Å². The van der Waals surface area contributed by atoms with Gasteiger partial charge in [0.25, 0.3) is 0 Å². The SMILES string of the molecule is CCN(Cc1ccccc1NC(=O)CC1COCCN1)C(C)=O. The standard InChI is InChI=1S/C17H25N3O3/c1-3-20(13(2)21)11-14-6-4-5-7-16(14)19-17(22)10-15-12-23-9-8-18-15/h4-7,15,18H,3,8-12H2,1-2H3,(H,19,22). The Morgan fingerprint density at radius 1 is 1.39 bits per heavy atom. The van der Waals surface area contributed by atoms with Gasteiger partial charge >= 0.3 is 0 Å². The summed E-state index contributed by atoms with van der Waals surface area (Å²) in [5, 5.41) is 6.22. The summed E-state index contributed by atoms with van der Waals surface area (Å²) in [5.74, 6) is -0.0245. The number of benzene rings is 1. The number of carbonyl (C=O) groups is 2. The van der Waals surface area contributed by atoms with Crippen molar-refractivity contribution >= 4 is 17.5 Å². The van der Waals surface area contributed by atoms with Gasteiger partial charge in [0.15, 0.2) is 0 Å². The Balaban J connectivity index is 1.98. The van der Waals surface area contributed by atoms with Crippen molar-refractivity contribution in [3.63, 3.8) is 0 Å². The van der Waals surface area contributed by atoms with Crippen LogP contribution in [-0.2, 0) is 20.9 Å². The van der Waals surface area contributed by atoms with E-state index in [2.05, 4.69) is 10.6 Å². The Kier molecular flexibility index (Phi) is 6.55. The number of nitrogens with one attached hydrogen (secondary N) is 2. The van der Waals surface area contributed by atoms with Gasteiger partial charge in [-0.3, -0.25) is 9.59 Å². The second-order valence-electron chi connectivity index (χ2n) is 5.67. The van der Waals surface area contributed by atoms with Crippen molar-refractivity contribution in [1.29, 1.82) is 0 Å². The highest BCUT2D eigenvalue weighted by Gasteiger charge is 2.18. The van der Waals surface area contributed by atoms with Crippen molar-refractivity contribution in [1.82, 2.24) is 10.2 Å². The molecule has 2 amide bonds. The summed E-state index contributed by atoms with van der Waals surface area (Å²) in [7, 11) is 0. The van der Waals surface area contributed by atoms with Crippen LogP contribution in [0.5, 0.6) is 0 Å². The highest BCUT2D eigenvalue weighted by molar-refractivity contribution is 5.92. The van der Waals surface area contributed by atoms with Crippen LogP contribution in [0.15, 0.2) is 24.3 Å². The van der Waals surface area contributed by atoms with Gasteiger partial charge in [-0.05, 0) is 18.6 Å². The van der Waals surface area contributed by atoms with Gasteiger partial charge in [0.1, 0.15) is 0 Å². The normalized spacial score (nSPS) is 17.6. The third kappa shape index (κ3) is 5.33. The van der Waals surface area contributed by atoms with Gasteiger partial charge in [-0.15, -0.1) is 0 Å². The lowest BCUT2D eigenvalue weighted by Gasteiger charge is -2.24. The van der Waals surface area contributed by atoms with Crippen LogP contribution in [0.25, 0.3) is 0 Å². The van der Waals surface area contributed by atoms with Crippen LogP contribution in [-0.4, -0.2) is 49.1 Å². The molecule has 23 heavy (non-hydrogen) atoms. The number of anilines is 1. The number of amides is 2. The monoisotopic (exact) mass is 319 g/mol. The van der Waals surface area contributed by atoms with Crippen molar-refractivity contribution in [2.45, 2.75) is 32.9 Å². The number of nitrogens with zero attached hydrogens (tertiary/aromatic N) is 1. The molecule has 1 heterocycles. The summed E-state index contributed by atoms with van der Waals surface area (Å²) < 4.78 is 5.36. The number of hydrogen-bond acceptors (Lipinski definition) is 4. The molecule has 6 nitrogen and oxygen atoms in total. The first-order valence-corrected chi connectivity index (χ1v) is 8.04. The number of morpholine rings is 1.